The van der Waals surface area contributed by atoms with Gasteiger partial charge in [-0.15, -0.1) is 12.3 Å². The second-order valence-corrected chi connectivity index (χ2v) is 2.41. The van der Waals surface area contributed by atoms with Crippen LogP contribution in [0, 0.1) is 12.3 Å². The summed E-state index contributed by atoms with van der Waals surface area (Å²) in [6.07, 6.45) is 4.50. The van der Waals surface area contributed by atoms with Gasteiger partial charge in [0.15, 0.2) is 0 Å². The van der Waals surface area contributed by atoms with Crippen molar-refractivity contribution in [3.63, 3.8) is 0 Å². The molecule has 4 heteroatoms. The average molecular weight is 171 g/mol. The highest BCUT2D eigenvalue weighted by Crippen LogP contribution is 1.88. The third-order valence-electron chi connectivity index (χ3n) is 1.24. The van der Waals surface area contributed by atoms with E-state index in [2.05, 4.69) is 11.2 Å². The molecule has 1 unspecified atom stereocenters. The summed E-state index contributed by atoms with van der Waals surface area (Å²) in [7, 11) is 0. The number of terminal acetylenes is 1. The molecule has 0 rings (SSSR count). The molecular formula is C8H13NO3. The van der Waals surface area contributed by atoms with E-state index in [1.807, 2.05) is 0 Å². The molecular weight excluding hydrogens is 158 g/mol. The van der Waals surface area contributed by atoms with E-state index in [0.717, 1.165) is 0 Å². The van der Waals surface area contributed by atoms with Crippen LogP contribution in [0.1, 0.15) is 12.8 Å². The van der Waals surface area contributed by atoms with E-state index in [1.165, 1.54) is 0 Å². The lowest BCUT2D eigenvalue weighted by atomic mass is 10.2. The summed E-state index contributed by atoms with van der Waals surface area (Å²) >= 11 is 0. The molecule has 0 aromatic carbocycles. The molecule has 0 heterocycles. The fourth-order valence-corrected chi connectivity index (χ4v) is 0.703. The molecule has 68 valence electrons. The van der Waals surface area contributed by atoms with Gasteiger partial charge in [-0.3, -0.25) is 4.79 Å². The molecule has 0 saturated carbocycles. The third-order valence-corrected chi connectivity index (χ3v) is 1.24. The number of carboxylic acid groups (broad SMARTS) is 1. The van der Waals surface area contributed by atoms with Crippen molar-refractivity contribution >= 4 is 5.97 Å². The number of carbonyl (C=O) groups is 1. The summed E-state index contributed by atoms with van der Waals surface area (Å²) in [6.45, 7) is 0.876. The maximum atomic E-state index is 10.1. The van der Waals surface area contributed by atoms with Crippen molar-refractivity contribution in [3.8, 4) is 12.3 Å². The number of aliphatic hydroxyl groups excluding tert-OH is 1. The van der Waals surface area contributed by atoms with Crippen LogP contribution >= 0.6 is 0 Å². The molecule has 0 aliphatic heterocycles. The summed E-state index contributed by atoms with van der Waals surface area (Å²) in [5.41, 5.74) is 0. The topological polar surface area (TPSA) is 69.6 Å². The zero-order chi connectivity index (χ0) is 9.40. The number of carboxylic acids is 1. The van der Waals surface area contributed by atoms with Crippen LogP contribution in [0.4, 0.5) is 0 Å². The molecule has 12 heavy (non-hydrogen) atoms. The molecule has 0 bridgehead atoms. The van der Waals surface area contributed by atoms with E-state index in [1.54, 1.807) is 0 Å². The standard InChI is InChI=1S/C8H13NO3/c1-2-3-4-9-6-7(10)5-8(11)12/h1,7,9-10H,3-6H2,(H,11,12). The van der Waals surface area contributed by atoms with Gasteiger partial charge in [-0.05, 0) is 0 Å². The van der Waals surface area contributed by atoms with Crippen molar-refractivity contribution < 1.29 is 15.0 Å². The SMILES string of the molecule is C#CCCNCC(O)CC(=O)O. The molecule has 0 radical (unpaired) electrons. The molecule has 4 nitrogen and oxygen atoms in total. The minimum Gasteiger partial charge on any atom is -0.481 e. The van der Waals surface area contributed by atoms with Crippen LogP contribution in [-0.4, -0.2) is 35.4 Å². The highest BCUT2D eigenvalue weighted by Gasteiger charge is 2.07. The Labute approximate surface area is 71.6 Å². The zero-order valence-electron chi connectivity index (χ0n) is 6.79. The van der Waals surface area contributed by atoms with Crippen LogP contribution in [0.25, 0.3) is 0 Å². The van der Waals surface area contributed by atoms with Crippen LogP contribution in [0.3, 0.4) is 0 Å². The lowest BCUT2D eigenvalue weighted by Gasteiger charge is -2.07. The van der Waals surface area contributed by atoms with Gasteiger partial charge in [0, 0.05) is 19.5 Å². The van der Waals surface area contributed by atoms with E-state index in [4.69, 9.17) is 16.6 Å². The molecule has 0 spiro atoms. The minimum atomic E-state index is -0.999. The Kier molecular flexibility index (Phi) is 6.07. The van der Waals surface area contributed by atoms with Gasteiger partial charge in [-0.2, -0.15) is 0 Å². The number of aliphatic hydroxyl groups is 1. The first-order valence-corrected chi connectivity index (χ1v) is 3.71. The lowest BCUT2D eigenvalue weighted by Crippen LogP contribution is -2.29. The third kappa shape index (κ3) is 7.06. The van der Waals surface area contributed by atoms with Gasteiger partial charge < -0.3 is 15.5 Å². The Bertz CT molecular complexity index is 174. The Balaban J connectivity index is 3.26. The first-order chi connectivity index (χ1) is 5.66. The summed E-state index contributed by atoms with van der Waals surface area (Å²) in [5.74, 6) is 1.42. The molecule has 3 N–H and O–H groups in total. The number of hydrogen-bond donors (Lipinski definition) is 3. The first-order valence-electron chi connectivity index (χ1n) is 3.71. The predicted octanol–water partition coefficient (Wildman–Crippen LogP) is -0.565. The van der Waals surface area contributed by atoms with Crippen LogP contribution < -0.4 is 5.32 Å². The molecule has 0 aromatic rings. The van der Waals surface area contributed by atoms with E-state index in [0.29, 0.717) is 13.0 Å². The fourth-order valence-electron chi connectivity index (χ4n) is 0.703. The zero-order valence-corrected chi connectivity index (χ0v) is 6.79. The molecule has 0 fully saturated rings. The number of nitrogens with one attached hydrogen (secondary N) is 1. The van der Waals surface area contributed by atoms with Crippen molar-refractivity contribution in [3.05, 3.63) is 0 Å². The van der Waals surface area contributed by atoms with Gasteiger partial charge >= 0.3 is 5.97 Å². The first kappa shape index (κ1) is 11.0. The number of hydrogen-bond acceptors (Lipinski definition) is 3. The van der Waals surface area contributed by atoms with Crippen LogP contribution in [0.5, 0.6) is 0 Å². The average Bonchev–Trinajstić information content (AvgIpc) is 1.97. The van der Waals surface area contributed by atoms with Crippen LogP contribution in [0.2, 0.25) is 0 Å². The monoisotopic (exact) mass is 171 g/mol. The van der Waals surface area contributed by atoms with Gasteiger partial charge in [-0.1, -0.05) is 0 Å². The van der Waals surface area contributed by atoms with E-state index < -0.39 is 12.1 Å². The lowest BCUT2D eigenvalue weighted by molar-refractivity contribution is -0.139. The largest absolute Gasteiger partial charge is 0.481 e. The second-order valence-electron chi connectivity index (χ2n) is 2.41. The van der Waals surface area contributed by atoms with Gasteiger partial charge in [-0.25, -0.2) is 0 Å². The van der Waals surface area contributed by atoms with Crippen molar-refractivity contribution in [1.82, 2.24) is 5.32 Å². The van der Waals surface area contributed by atoms with E-state index in [-0.39, 0.29) is 13.0 Å². The van der Waals surface area contributed by atoms with E-state index in [9.17, 15) is 4.79 Å². The summed E-state index contributed by atoms with van der Waals surface area (Å²) in [6, 6.07) is 0. The highest BCUT2D eigenvalue weighted by atomic mass is 16.4. The molecule has 0 aliphatic carbocycles. The Hall–Kier alpha value is -1.05. The van der Waals surface area contributed by atoms with Crippen molar-refractivity contribution in [1.29, 1.82) is 0 Å². The molecule has 0 aliphatic rings. The molecule has 0 amide bonds. The van der Waals surface area contributed by atoms with Crippen LogP contribution in [0.15, 0.2) is 0 Å². The maximum absolute atomic E-state index is 10.1. The smallest absolute Gasteiger partial charge is 0.306 e. The van der Waals surface area contributed by atoms with Crippen molar-refractivity contribution in [2.45, 2.75) is 18.9 Å². The van der Waals surface area contributed by atoms with Gasteiger partial charge in [0.25, 0.3) is 0 Å². The summed E-state index contributed by atoms with van der Waals surface area (Å²) in [4.78, 5) is 10.1. The fraction of sp³-hybridized carbons (Fsp3) is 0.625. The molecule has 0 saturated heterocycles. The van der Waals surface area contributed by atoms with E-state index >= 15 is 0 Å². The Morgan fingerprint density at radius 3 is 2.83 bits per heavy atom. The van der Waals surface area contributed by atoms with Crippen LogP contribution in [-0.2, 0) is 4.79 Å². The van der Waals surface area contributed by atoms with Gasteiger partial charge in [0.2, 0.25) is 0 Å². The second kappa shape index (κ2) is 6.65. The van der Waals surface area contributed by atoms with Crippen molar-refractivity contribution in [2.75, 3.05) is 13.1 Å². The predicted molar refractivity (Wildman–Crippen MR) is 44.6 cm³/mol. The van der Waals surface area contributed by atoms with Gasteiger partial charge in [0.1, 0.15) is 0 Å². The number of rotatable bonds is 6. The maximum Gasteiger partial charge on any atom is 0.306 e. The molecule has 1 atom stereocenters. The minimum absolute atomic E-state index is 0.233. The quantitative estimate of drug-likeness (QED) is 0.370. The van der Waals surface area contributed by atoms with Crippen molar-refractivity contribution in [2.24, 2.45) is 0 Å². The van der Waals surface area contributed by atoms with Gasteiger partial charge in [0.05, 0.1) is 12.5 Å². The summed E-state index contributed by atoms with van der Waals surface area (Å²) in [5, 5.41) is 20.1. The Morgan fingerprint density at radius 1 is 1.67 bits per heavy atom. The summed E-state index contributed by atoms with van der Waals surface area (Å²) < 4.78 is 0. The Morgan fingerprint density at radius 2 is 2.33 bits per heavy atom. The molecule has 0 aromatic heterocycles. The normalized spacial score (nSPS) is 12.0. The highest BCUT2D eigenvalue weighted by molar-refractivity contribution is 5.67. The number of aliphatic carboxylic acids is 1.